The number of carbonyl (C=O) groups excluding carboxylic acids is 2. The summed E-state index contributed by atoms with van der Waals surface area (Å²) >= 11 is 0. The van der Waals surface area contributed by atoms with Gasteiger partial charge in [-0.15, -0.1) is 0 Å². The zero-order valence-corrected chi connectivity index (χ0v) is 18.0. The van der Waals surface area contributed by atoms with Crippen molar-refractivity contribution in [1.29, 1.82) is 0 Å². The summed E-state index contributed by atoms with van der Waals surface area (Å²) in [5.74, 6) is 0.0696. The largest absolute Gasteiger partial charge is 0.494 e. The molecule has 1 aromatic heterocycles. The number of nitrogens with zero attached hydrogens (tertiary/aromatic N) is 1. The Morgan fingerprint density at radius 2 is 1.81 bits per heavy atom. The van der Waals surface area contributed by atoms with E-state index < -0.39 is 11.8 Å². The van der Waals surface area contributed by atoms with Crippen molar-refractivity contribution >= 4 is 17.5 Å². The number of carbonyl (C=O) groups is 2. The highest BCUT2D eigenvalue weighted by molar-refractivity contribution is 6.39. The van der Waals surface area contributed by atoms with Gasteiger partial charge in [-0.1, -0.05) is 24.3 Å². The molecule has 166 valence electrons. The molecule has 2 heterocycles. The Hall–Kier alpha value is -3.58. The van der Waals surface area contributed by atoms with E-state index in [4.69, 9.17) is 9.15 Å². The number of anilines is 1. The van der Waals surface area contributed by atoms with Crippen LogP contribution in [-0.2, 0) is 22.6 Å². The number of rotatable bonds is 7. The molecule has 2 amide bonds. The first-order chi connectivity index (χ1) is 15.6. The summed E-state index contributed by atoms with van der Waals surface area (Å²) in [6, 6.07) is 18.8. The van der Waals surface area contributed by atoms with Crippen molar-refractivity contribution in [3.63, 3.8) is 0 Å². The first kappa shape index (κ1) is 21.6. The van der Waals surface area contributed by atoms with Gasteiger partial charge in [-0.25, -0.2) is 0 Å². The third kappa shape index (κ3) is 5.18. The Balaban J connectivity index is 1.38. The number of amides is 2. The maximum absolute atomic E-state index is 12.5. The van der Waals surface area contributed by atoms with E-state index in [-0.39, 0.29) is 12.6 Å². The fraction of sp³-hybridized carbons (Fsp3) is 0.280. The molecule has 0 saturated heterocycles. The second-order valence-corrected chi connectivity index (χ2v) is 7.64. The molecule has 0 saturated carbocycles. The number of hydrogen-bond donors (Lipinski definition) is 2. The Morgan fingerprint density at radius 1 is 1.03 bits per heavy atom. The predicted octanol–water partition coefficient (Wildman–Crippen LogP) is 3.53. The van der Waals surface area contributed by atoms with Gasteiger partial charge in [0.1, 0.15) is 11.5 Å². The van der Waals surface area contributed by atoms with Gasteiger partial charge in [0, 0.05) is 25.3 Å². The molecule has 0 fully saturated rings. The predicted molar refractivity (Wildman–Crippen MR) is 121 cm³/mol. The van der Waals surface area contributed by atoms with E-state index in [0.717, 1.165) is 25.3 Å². The van der Waals surface area contributed by atoms with E-state index in [0.29, 0.717) is 18.0 Å². The highest BCUT2D eigenvalue weighted by Gasteiger charge is 2.27. The van der Waals surface area contributed by atoms with Crippen molar-refractivity contribution < 1.29 is 18.7 Å². The zero-order chi connectivity index (χ0) is 22.3. The smallest absolute Gasteiger partial charge is 0.313 e. The van der Waals surface area contributed by atoms with Crippen molar-refractivity contribution in [1.82, 2.24) is 10.2 Å². The van der Waals surface area contributed by atoms with Crippen molar-refractivity contribution in [3.8, 4) is 5.75 Å². The van der Waals surface area contributed by atoms with Crippen molar-refractivity contribution in [2.24, 2.45) is 0 Å². The molecule has 0 bridgehead atoms. The first-order valence-electron chi connectivity index (χ1n) is 10.8. The Kier molecular flexibility index (Phi) is 6.87. The summed E-state index contributed by atoms with van der Waals surface area (Å²) in [6.45, 7) is 4.34. The SMILES string of the molecule is CCOc1ccc(NC(=O)C(=O)NC[C@H](c2ccco2)N2CCc3ccccc3C2)cc1. The average Bonchev–Trinajstić information content (AvgIpc) is 3.35. The quantitative estimate of drug-likeness (QED) is 0.557. The molecule has 2 aromatic carbocycles. The minimum Gasteiger partial charge on any atom is -0.494 e. The number of furan rings is 1. The minimum absolute atomic E-state index is 0.166. The van der Waals surface area contributed by atoms with E-state index in [2.05, 4.69) is 33.7 Å². The lowest BCUT2D eigenvalue weighted by Crippen LogP contribution is -2.43. The van der Waals surface area contributed by atoms with Gasteiger partial charge in [0.25, 0.3) is 0 Å². The Bertz CT molecular complexity index is 1050. The van der Waals surface area contributed by atoms with Gasteiger partial charge in [0.2, 0.25) is 0 Å². The number of fused-ring (bicyclic) bond motifs is 1. The number of ether oxygens (including phenoxy) is 1. The summed E-state index contributed by atoms with van der Waals surface area (Å²) in [5.41, 5.74) is 3.15. The number of hydrogen-bond acceptors (Lipinski definition) is 5. The molecule has 3 aromatic rings. The van der Waals surface area contributed by atoms with Crippen molar-refractivity contribution in [3.05, 3.63) is 83.8 Å². The molecule has 4 rings (SSSR count). The fourth-order valence-corrected chi connectivity index (χ4v) is 3.93. The molecule has 7 heteroatoms. The summed E-state index contributed by atoms with van der Waals surface area (Å²) in [6.07, 6.45) is 2.56. The molecular weight excluding hydrogens is 406 g/mol. The third-order valence-corrected chi connectivity index (χ3v) is 5.56. The van der Waals surface area contributed by atoms with Crippen LogP contribution in [-0.4, -0.2) is 36.4 Å². The van der Waals surface area contributed by atoms with Crippen LogP contribution in [0.25, 0.3) is 0 Å². The molecule has 0 unspecified atom stereocenters. The molecule has 2 N–H and O–H groups in total. The van der Waals surface area contributed by atoms with E-state index >= 15 is 0 Å². The van der Waals surface area contributed by atoms with E-state index in [1.54, 1.807) is 30.5 Å². The van der Waals surface area contributed by atoms with Crippen molar-refractivity contribution in [2.75, 3.05) is 25.0 Å². The normalized spacial score (nSPS) is 14.3. The molecule has 0 radical (unpaired) electrons. The second-order valence-electron chi connectivity index (χ2n) is 7.64. The van der Waals surface area contributed by atoms with Crippen LogP contribution in [0.1, 0.15) is 29.9 Å². The maximum Gasteiger partial charge on any atom is 0.313 e. The molecule has 7 nitrogen and oxygen atoms in total. The summed E-state index contributed by atoms with van der Waals surface area (Å²) in [4.78, 5) is 27.1. The van der Waals surface area contributed by atoms with Gasteiger partial charge >= 0.3 is 11.8 Å². The molecule has 1 aliphatic rings. The van der Waals surface area contributed by atoms with Crippen LogP contribution in [0.4, 0.5) is 5.69 Å². The Morgan fingerprint density at radius 3 is 2.53 bits per heavy atom. The Labute approximate surface area is 187 Å². The van der Waals surface area contributed by atoms with Crippen LogP contribution in [0.15, 0.2) is 71.3 Å². The van der Waals surface area contributed by atoms with Gasteiger partial charge in [0.05, 0.1) is 18.9 Å². The molecule has 0 spiro atoms. The lowest BCUT2D eigenvalue weighted by Gasteiger charge is -2.34. The number of nitrogens with one attached hydrogen (secondary N) is 2. The summed E-state index contributed by atoms with van der Waals surface area (Å²) in [5, 5.41) is 5.39. The molecular formula is C25H27N3O4. The van der Waals surface area contributed by atoms with Gasteiger partial charge in [0.15, 0.2) is 0 Å². The van der Waals surface area contributed by atoms with Crippen molar-refractivity contribution in [2.45, 2.75) is 25.9 Å². The zero-order valence-electron chi connectivity index (χ0n) is 18.0. The van der Waals surface area contributed by atoms with Crippen LogP contribution in [0, 0.1) is 0 Å². The standard InChI is InChI=1S/C25H27N3O4/c1-2-31-21-11-9-20(10-12-21)27-25(30)24(29)26-16-22(23-8-5-15-32-23)28-14-13-18-6-3-4-7-19(18)17-28/h3-12,15,22H,2,13-14,16-17H2,1H3,(H,26,29)(H,27,30)/t22-/m1/s1. The monoisotopic (exact) mass is 433 g/mol. The topological polar surface area (TPSA) is 83.8 Å². The lowest BCUT2D eigenvalue weighted by molar-refractivity contribution is -0.136. The van der Waals surface area contributed by atoms with Gasteiger partial charge in [-0.2, -0.15) is 0 Å². The fourth-order valence-electron chi connectivity index (χ4n) is 3.93. The third-order valence-electron chi connectivity index (χ3n) is 5.56. The average molecular weight is 434 g/mol. The maximum atomic E-state index is 12.5. The van der Waals surface area contributed by atoms with Crippen LogP contribution in [0.5, 0.6) is 5.75 Å². The summed E-state index contributed by atoms with van der Waals surface area (Å²) in [7, 11) is 0. The molecule has 0 aliphatic carbocycles. The summed E-state index contributed by atoms with van der Waals surface area (Å²) < 4.78 is 11.0. The molecule has 1 atom stereocenters. The minimum atomic E-state index is -0.712. The van der Waals surface area contributed by atoms with Gasteiger partial charge < -0.3 is 19.8 Å². The van der Waals surface area contributed by atoms with Crippen LogP contribution in [0.3, 0.4) is 0 Å². The van der Waals surface area contributed by atoms with E-state index in [9.17, 15) is 9.59 Å². The van der Waals surface area contributed by atoms with Crippen LogP contribution in [0.2, 0.25) is 0 Å². The van der Waals surface area contributed by atoms with E-state index in [1.807, 2.05) is 25.1 Å². The second kappa shape index (κ2) is 10.2. The van der Waals surface area contributed by atoms with Crippen LogP contribution >= 0.6 is 0 Å². The lowest BCUT2D eigenvalue weighted by atomic mass is 9.98. The number of benzene rings is 2. The molecule has 32 heavy (non-hydrogen) atoms. The highest BCUT2D eigenvalue weighted by atomic mass is 16.5. The van der Waals surface area contributed by atoms with E-state index in [1.165, 1.54) is 11.1 Å². The van der Waals surface area contributed by atoms with Gasteiger partial charge in [-0.3, -0.25) is 14.5 Å². The van der Waals surface area contributed by atoms with Gasteiger partial charge in [-0.05, 0) is 60.9 Å². The first-order valence-corrected chi connectivity index (χ1v) is 10.8. The molecule has 1 aliphatic heterocycles. The van der Waals surface area contributed by atoms with Crippen LogP contribution < -0.4 is 15.4 Å². The highest BCUT2D eigenvalue weighted by Crippen LogP contribution is 2.28.